The Morgan fingerprint density at radius 3 is 2.76 bits per heavy atom. The van der Waals surface area contributed by atoms with Crippen molar-refractivity contribution in [3.05, 3.63) is 49.8 Å². The lowest BCUT2D eigenvalue weighted by Gasteiger charge is -2.07. The molecule has 0 aliphatic carbocycles. The molecule has 0 saturated carbocycles. The first-order valence-electron chi connectivity index (χ1n) is 6.62. The number of hydrogen-bond acceptors (Lipinski definition) is 2. The van der Waals surface area contributed by atoms with E-state index in [4.69, 9.17) is 23.2 Å². The fourth-order valence-electron chi connectivity index (χ4n) is 2.39. The van der Waals surface area contributed by atoms with E-state index in [1.165, 1.54) is 8.66 Å². The molecule has 0 fully saturated rings. The van der Waals surface area contributed by atoms with E-state index in [2.05, 4.69) is 37.6 Å². The van der Waals surface area contributed by atoms with Crippen molar-refractivity contribution in [1.29, 1.82) is 0 Å². The summed E-state index contributed by atoms with van der Waals surface area (Å²) < 4.78 is 3.42. The van der Waals surface area contributed by atoms with Crippen LogP contribution in [0.15, 0.2) is 34.1 Å². The summed E-state index contributed by atoms with van der Waals surface area (Å²) in [7, 11) is 0. The maximum Gasteiger partial charge on any atom is 0.111 e. The third-order valence-electron chi connectivity index (χ3n) is 3.32. The molecule has 3 rings (SSSR count). The quantitative estimate of drug-likeness (QED) is 0.511. The summed E-state index contributed by atoms with van der Waals surface area (Å²) in [6.07, 6.45) is 1.75. The highest BCUT2D eigenvalue weighted by Crippen LogP contribution is 2.25. The zero-order valence-electron chi connectivity index (χ0n) is 11.2. The number of hydrogen-bond donors (Lipinski definition) is 0. The number of thiophene rings is 1. The van der Waals surface area contributed by atoms with Crippen LogP contribution in [0.1, 0.15) is 10.7 Å². The van der Waals surface area contributed by atoms with Gasteiger partial charge in [-0.1, -0.05) is 11.6 Å². The highest BCUT2D eigenvalue weighted by atomic mass is 79.9. The fraction of sp³-hybridized carbons (Fsp3) is 0.267. The summed E-state index contributed by atoms with van der Waals surface area (Å²) in [5, 5.41) is 0.715. The Kier molecular flexibility index (Phi) is 4.89. The van der Waals surface area contributed by atoms with Gasteiger partial charge in [0.1, 0.15) is 5.82 Å². The van der Waals surface area contributed by atoms with Crippen LogP contribution in [-0.4, -0.2) is 15.4 Å². The van der Waals surface area contributed by atoms with Gasteiger partial charge in [0.15, 0.2) is 0 Å². The van der Waals surface area contributed by atoms with Gasteiger partial charge in [0, 0.05) is 28.7 Å². The highest BCUT2D eigenvalue weighted by molar-refractivity contribution is 9.11. The molecule has 2 aromatic heterocycles. The van der Waals surface area contributed by atoms with Crippen LogP contribution in [0.5, 0.6) is 0 Å². The lowest BCUT2D eigenvalue weighted by molar-refractivity contribution is 0.679. The van der Waals surface area contributed by atoms with Crippen LogP contribution in [0.3, 0.4) is 0 Å². The number of benzene rings is 1. The van der Waals surface area contributed by atoms with Crippen molar-refractivity contribution < 1.29 is 0 Å². The molecule has 0 bridgehead atoms. The number of aryl methyl sites for hydroxylation is 3. The third-order valence-corrected chi connectivity index (χ3v) is 5.43. The van der Waals surface area contributed by atoms with Crippen molar-refractivity contribution in [3.8, 4) is 0 Å². The number of rotatable bonds is 5. The van der Waals surface area contributed by atoms with Gasteiger partial charge in [-0.2, -0.15) is 0 Å². The topological polar surface area (TPSA) is 17.8 Å². The Morgan fingerprint density at radius 1 is 1.19 bits per heavy atom. The van der Waals surface area contributed by atoms with Crippen molar-refractivity contribution in [3.63, 3.8) is 0 Å². The molecule has 1 aromatic carbocycles. The van der Waals surface area contributed by atoms with Crippen LogP contribution >= 0.6 is 50.5 Å². The minimum absolute atomic E-state index is 0.571. The van der Waals surface area contributed by atoms with Gasteiger partial charge in [-0.05, 0) is 52.7 Å². The van der Waals surface area contributed by atoms with Crippen LogP contribution in [0.25, 0.3) is 11.0 Å². The molecule has 0 atom stereocenters. The molecule has 3 aromatic rings. The zero-order valence-corrected chi connectivity index (χ0v) is 15.1. The molecule has 0 unspecified atom stereocenters. The zero-order chi connectivity index (χ0) is 14.8. The summed E-state index contributed by atoms with van der Waals surface area (Å²) >= 11 is 17.2. The monoisotopic (exact) mass is 402 g/mol. The van der Waals surface area contributed by atoms with E-state index >= 15 is 0 Å². The van der Waals surface area contributed by atoms with Crippen molar-refractivity contribution in [1.82, 2.24) is 9.55 Å². The molecule has 6 heteroatoms. The first kappa shape index (κ1) is 15.3. The molecule has 0 spiro atoms. The van der Waals surface area contributed by atoms with E-state index in [0.717, 1.165) is 36.2 Å². The Labute approximate surface area is 145 Å². The predicted molar refractivity (Wildman–Crippen MR) is 94.9 cm³/mol. The van der Waals surface area contributed by atoms with Crippen LogP contribution in [0.4, 0.5) is 0 Å². The van der Waals surface area contributed by atoms with Gasteiger partial charge in [0.05, 0.1) is 14.8 Å². The van der Waals surface area contributed by atoms with E-state index in [1.807, 2.05) is 18.2 Å². The Bertz CT molecular complexity index is 766. The smallest absolute Gasteiger partial charge is 0.111 e. The number of fused-ring (bicyclic) bond motifs is 1. The summed E-state index contributed by atoms with van der Waals surface area (Å²) in [5.74, 6) is 1.60. The van der Waals surface area contributed by atoms with Crippen molar-refractivity contribution in [2.45, 2.75) is 19.4 Å². The van der Waals surface area contributed by atoms with Crippen molar-refractivity contribution >= 4 is 61.5 Å². The minimum Gasteiger partial charge on any atom is -0.328 e. The predicted octanol–water partition coefficient (Wildman–Crippen LogP) is 5.54. The second kappa shape index (κ2) is 6.69. The molecule has 0 radical (unpaired) electrons. The molecule has 2 nitrogen and oxygen atoms in total. The van der Waals surface area contributed by atoms with Gasteiger partial charge in [-0.3, -0.25) is 0 Å². The molecular formula is C15H13BrCl2N2S. The molecule has 0 aliphatic rings. The third kappa shape index (κ3) is 3.45. The van der Waals surface area contributed by atoms with Crippen LogP contribution in [0.2, 0.25) is 5.02 Å². The molecule has 0 saturated heterocycles. The second-order valence-electron chi connectivity index (χ2n) is 4.71. The number of aromatic nitrogens is 2. The number of alkyl halides is 1. The summed E-state index contributed by atoms with van der Waals surface area (Å²) in [6, 6.07) is 10.1. The first-order valence-corrected chi connectivity index (χ1v) is 9.14. The average Bonchev–Trinajstić information content (AvgIpc) is 3.00. The van der Waals surface area contributed by atoms with Crippen LogP contribution < -0.4 is 0 Å². The van der Waals surface area contributed by atoms with E-state index in [0.29, 0.717) is 10.9 Å². The maximum absolute atomic E-state index is 6.05. The Balaban J connectivity index is 1.92. The molecule has 2 heterocycles. The van der Waals surface area contributed by atoms with Gasteiger partial charge in [0.2, 0.25) is 0 Å². The average molecular weight is 404 g/mol. The minimum atomic E-state index is 0.571. The van der Waals surface area contributed by atoms with Crippen molar-refractivity contribution in [2.75, 3.05) is 5.88 Å². The largest absolute Gasteiger partial charge is 0.328 e. The van der Waals surface area contributed by atoms with Gasteiger partial charge >= 0.3 is 0 Å². The standard InChI is InChI=1S/C15H13BrCl2N2S/c16-14-4-2-11(21-14)6-8-20-13-3-1-10(18)9-12(13)19-15(20)5-7-17/h1-4,9H,5-8H2. The van der Waals surface area contributed by atoms with E-state index in [1.54, 1.807) is 11.3 Å². The SMILES string of the molecule is ClCCc1nc2cc(Cl)ccc2n1CCc1ccc(Br)s1. The summed E-state index contributed by atoms with van der Waals surface area (Å²) in [6.45, 7) is 0.900. The van der Waals surface area contributed by atoms with Crippen LogP contribution in [0, 0.1) is 0 Å². The molecule has 21 heavy (non-hydrogen) atoms. The fourth-order valence-corrected chi connectivity index (χ4v) is 4.19. The lowest BCUT2D eigenvalue weighted by Crippen LogP contribution is -2.06. The summed E-state index contributed by atoms with van der Waals surface area (Å²) in [5.41, 5.74) is 2.06. The van der Waals surface area contributed by atoms with E-state index < -0.39 is 0 Å². The Hall–Kier alpha value is -0.550. The lowest BCUT2D eigenvalue weighted by atomic mass is 10.3. The van der Waals surface area contributed by atoms with E-state index in [9.17, 15) is 0 Å². The maximum atomic E-state index is 6.05. The van der Waals surface area contributed by atoms with Gasteiger partial charge in [-0.15, -0.1) is 22.9 Å². The van der Waals surface area contributed by atoms with Crippen molar-refractivity contribution in [2.24, 2.45) is 0 Å². The Morgan fingerprint density at radius 2 is 2.05 bits per heavy atom. The van der Waals surface area contributed by atoms with Gasteiger partial charge in [0.25, 0.3) is 0 Å². The summed E-state index contributed by atoms with van der Waals surface area (Å²) in [4.78, 5) is 6.02. The molecule has 0 aliphatic heterocycles. The van der Waals surface area contributed by atoms with Crippen LogP contribution in [-0.2, 0) is 19.4 Å². The van der Waals surface area contributed by atoms with E-state index in [-0.39, 0.29) is 0 Å². The van der Waals surface area contributed by atoms with Gasteiger partial charge < -0.3 is 4.57 Å². The van der Waals surface area contributed by atoms with Gasteiger partial charge in [-0.25, -0.2) is 4.98 Å². The molecule has 0 N–H and O–H groups in total. The second-order valence-corrected chi connectivity index (χ2v) is 8.07. The molecular weight excluding hydrogens is 391 g/mol. The molecule has 0 amide bonds. The molecule has 110 valence electrons. The first-order chi connectivity index (χ1) is 10.2. The highest BCUT2D eigenvalue weighted by Gasteiger charge is 2.11. The number of imidazole rings is 1. The normalized spacial score (nSPS) is 11.4. The number of halogens is 3. The number of nitrogens with zero attached hydrogens (tertiary/aromatic N) is 2.